The molecule has 2 aromatic heterocycles. The zero-order valence-electron chi connectivity index (χ0n) is 11.6. The number of ether oxygens (including phenoxy) is 1. The number of hydrogen-bond donors (Lipinski definition) is 0. The number of carbonyl (C=O) groups excluding carboxylic acids is 1. The van der Waals surface area contributed by atoms with Gasteiger partial charge in [-0.1, -0.05) is 0 Å². The minimum Gasteiger partial charge on any atom is -0.485 e. The zero-order valence-corrected chi connectivity index (χ0v) is 11.6. The third-order valence-electron chi connectivity index (χ3n) is 3.43. The number of aryl methyl sites for hydroxylation is 1. The van der Waals surface area contributed by atoms with Gasteiger partial charge in [-0.05, 0) is 24.3 Å². The van der Waals surface area contributed by atoms with Gasteiger partial charge >= 0.3 is 0 Å². The third kappa shape index (κ3) is 2.65. The molecule has 108 valence electrons. The Hall–Kier alpha value is -2.63. The third-order valence-corrected chi connectivity index (χ3v) is 3.43. The van der Waals surface area contributed by atoms with E-state index >= 15 is 0 Å². The van der Waals surface area contributed by atoms with Crippen molar-refractivity contribution in [3.63, 3.8) is 0 Å². The highest BCUT2D eigenvalue weighted by atomic mass is 16.5. The average Bonchev–Trinajstić information content (AvgIpc) is 2.46. The van der Waals surface area contributed by atoms with Gasteiger partial charge in [0.15, 0.2) is 0 Å². The lowest BCUT2D eigenvalue weighted by atomic mass is 10.1. The van der Waals surface area contributed by atoms with Gasteiger partial charge in [0.25, 0.3) is 11.5 Å². The maximum atomic E-state index is 12.2. The fraction of sp³-hybridized carbons (Fsp3) is 0.267. The van der Waals surface area contributed by atoms with E-state index in [1.54, 1.807) is 48.7 Å². The maximum absolute atomic E-state index is 12.2. The molecule has 2 aromatic rings. The molecule has 0 bridgehead atoms. The number of nitrogens with zero attached hydrogens (tertiary/aromatic N) is 3. The summed E-state index contributed by atoms with van der Waals surface area (Å²) in [5.41, 5.74) is -0.0843. The molecule has 3 heterocycles. The standard InChI is InChI=1S/C15H15N3O3/c1-17-7-3-5-13(14(17)19)15(20)18-9-12(10-18)21-11-4-2-6-16-8-11/h2-8,12H,9-10H2,1H3. The van der Waals surface area contributed by atoms with Crippen LogP contribution < -0.4 is 10.3 Å². The maximum Gasteiger partial charge on any atom is 0.263 e. The minimum atomic E-state index is -0.279. The number of amides is 1. The molecule has 0 aromatic carbocycles. The number of likely N-dealkylation sites (tertiary alicyclic amines) is 1. The first-order valence-electron chi connectivity index (χ1n) is 6.67. The number of carbonyl (C=O) groups is 1. The van der Waals surface area contributed by atoms with Gasteiger partial charge in [-0.3, -0.25) is 14.6 Å². The number of pyridine rings is 2. The molecule has 21 heavy (non-hydrogen) atoms. The molecule has 1 fully saturated rings. The Labute approximate surface area is 121 Å². The summed E-state index contributed by atoms with van der Waals surface area (Å²) in [6.45, 7) is 0.956. The fourth-order valence-electron chi connectivity index (χ4n) is 2.22. The van der Waals surface area contributed by atoms with Crippen LogP contribution in [-0.4, -0.2) is 39.6 Å². The van der Waals surface area contributed by atoms with Crippen LogP contribution in [-0.2, 0) is 7.05 Å². The Morgan fingerprint density at radius 1 is 1.33 bits per heavy atom. The molecule has 1 aliphatic rings. The van der Waals surface area contributed by atoms with Gasteiger partial charge in [0.1, 0.15) is 17.4 Å². The molecule has 0 aliphatic carbocycles. The molecular formula is C15H15N3O3. The largest absolute Gasteiger partial charge is 0.485 e. The SMILES string of the molecule is Cn1cccc(C(=O)N2CC(Oc3cccnc3)C2)c1=O. The molecule has 0 spiro atoms. The van der Waals surface area contributed by atoms with Crippen molar-refractivity contribution in [3.8, 4) is 5.75 Å². The van der Waals surface area contributed by atoms with E-state index in [-0.39, 0.29) is 23.1 Å². The molecule has 3 rings (SSSR count). The van der Waals surface area contributed by atoms with Crippen LogP contribution in [0, 0.1) is 0 Å². The van der Waals surface area contributed by atoms with Crippen LogP contribution in [0.25, 0.3) is 0 Å². The highest BCUT2D eigenvalue weighted by molar-refractivity contribution is 5.94. The average molecular weight is 285 g/mol. The van der Waals surface area contributed by atoms with E-state index in [1.807, 2.05) is 6.07 Å². The summed E-state index contributed by atoms with van der Waals surface area (Å²) >= 11 is 0. The van der Waals surface area contributed by atoms with Crippen LogP contribution in [0.1, 0.15) is 10.4 Å². The van der Waals surface area contributed by atoms with Crippen LogP contribution in [0.5, 0.6) is 5.75 Å². The quantitative estimate of drug-likeness (QED) is 0.832. The van der Waals surface area contributed by atoms with E-state index in [0.717, 1.165) is 0 Å². The van der Waals surface area contributed by atoms with Gasteiger partial charge in [-0.2, -0.15) is 0 Å². The van der Waals surface area contributed by atoms with E-state index in [9.17, 15) is 9.59 Å². The normalized spacial score (nSPS) is 14.6. The molecule has 1 aliphatic heterocycles. The Bertz CT molecular complexity index is 706. The summed E-state index contributed by atoms with van der Waals surface area (Å²) in [4.78, 5) is 29.7. The zero-order chi connectivity index (χ0) is 14.8. The first-order chi connectivity index (χ1) is 10.1. The van der Waals surface area contributed by atoms with Crippen molar-refractivity contribution in [2.75, 3.05) is 13.1 Å². The second kappa shape index (κ2) is 5.40. The van der Waals surface area contributed by atoms with Crippen molar-refractivity contribution < 1.29 is 9.53 Å². The van der Waals surface area contributed by atoms with Crippen molar-refractivity contribution in [2.24, 2.45) is 7.05 Å². The Balaban J connectivity index is 1.62. The molecule has 0 radical (unpaired) electrons. The van der Waals surface area contributed by atoms with Crippen LogP contribution in [0.4, 0.5) is 0 Å². The molecule has 1 amide bonds. The number of aromatic nitrogens is 2. The van der Waals surface area contributed by atoms with Gasteiger partial charge in [0, 0.05) is 19.4 Å². The van der Waals surface area contributed by atoms with E-state index in [1.165, 1.54) is 4.57 Å². The molecule has 0 saturated carbocycles. The summed E-state index contributed by atoms with van der Waals surface area (Å²) in [5, 5.41) is 0. The van der Waals surface area contributed by atoms with Crippen molar-refractivity contribution in [1.82, 2.24) is 14.5 Å². The Morgan fingerprint density at radius 3 is 2.86 bits per heavy atom. The molecule has 6 nitrogen and oxygen atoms in total. The monoisotopic (exact) mass is 285 g/mol. The van der Waals surface area contributed by atoms with Crippen molar-refractivity contribution in [3.05, 3.63) is 58.8 Å². The summed E-state index contributed by atoms with van der Waals surface area (Å²) in [7, 11) is 1.63. The van der Waals surface area contributed by atoms with Gasteiger partial charge in [-0.25, -0.2) is 0 Å². The topological polar surface area (TPSA) is 64.4 Å². The smallest absolute Gasteiger partial charge is 0.263 e. The van der Waals surface area contributed by atoms with Crippen molar-refractivity contribution >= 4 is 5.91 Å². The van der Waals surface area contributed by atoms with Crippen molar-refractivity contribution in [1.29, 1.82) is 0 Å². The number of hydrogen-bond acceptors (Lipinski definition) is 4. The predicted molar refractivity (Wildman–Crippen MR) is 76.2 cm³/mol. The van der Waals surface area contributed by atoms with Crippen molar-refractivity contribution in [2.45, 2.75) is 6.10 Å². The minimum absolute atomic E-state index is 0.0503. The Kier molecular flexibility index (Phi) is 3.43. The summed E-state index contributed by atoms with van der Waals surface area (Å²) in [6, 6.07) is 6.87. The lowest BCUT2D eigenvalue weighted by Crippen LogP contribution is -2.57. The van der Waals surface area contributed by atoms with Gasteiger partial charge in [0.05, 0.1) is 19.3 Å². The van der Waals surface area contributed by atoms with E-state index in [4.69, 9.17) is 4.74 Å². The van der Waals surface area contributed by atoms with Gasteiger partial charge in [0.2, 0.25) is 0 Å². The first-order valence-corrected chi connectivity index (χ1v) is 6.67. The second-order valence-corrected chi connectivity index (χ2v) is 4.98. The van der Waals surface area contributed by atoms with E-state index < -0.39 is 0 Å². The molecule has 0 atom stereocenters. The Morgan fingerprint density at radius 2 is 2.14 bits per heavy atom. The number of rotatable bonds is 3. The second-order valence-electron chi connectivity index (χ2n) is 4.98. The van der Waals surface area contributed by atoms with Crippen LogP contribution >= 0.6 is 0 Å². The van der Waals surface area contributed by atoms with E-state index in [2.05, 4.69) is 4.98 Å². The summed E-state index contributed by atoms with van der Waals surface area (Å²) in [6.07, 6.45) is 4.89. The van der Waals surface area contributed by atoms with Gasteiger partial charge < -0.3 is 14.2 Å². The molecule has 0 N–H and O–H groups in total. The lowest BCUT2D eigenvalue weighted by molar-refractivity contribution is 0.0175. The highest BCUT2D eigenvalue weighted by Gasteiger charge is 2.33. The van der Waals surface area contributed by atoms with E-state index in [0.29, 0.717) is 18.8 Å². The summed E-state index contributed by atoms with van der Waals surface area (Å²) < 4.78 is 7.08. The van der Waals surface area contributed by atoms with Crippen LogP contribution in [0.2, 0.25) is 0 Å². The summed E-state index contributed by atoms with van der Waals surface area (Å²) in [5.74, 6) is 0.437. The molecule has 1 saturated heterocycles. The molecule has 0 unspecified atom stereocenters. The van der Waals surface area contributed by atoms with Gasteiger partial charge in [-0.15, -0.1) is 0 Å². The lowest BCUT2D eigenvalue weighted by Gasteiger charge is -2.38. The predicted octanol–water partition coefficient (Wildman–Crippen LogP) is 0.684. The molecular weight excluding hydrogens is 270 g/mol. The van der Waals surface area contributed by atoms with Crippen LogP contribution in [0.15, 0.2) is 47.7 Å². The van der Waals surface area contributed by atoms with Crippen LogP contribution in [0.3, 0.4) is 0 Å². The first kappa shape index (κ1) is 13.4. The fourth-order valence-corrected chi connectivity index (χ4v) is 2.22. The molecule has 6 heteroatoms. The highest BCUT2D eigenvalue weighted by Crippen LogP contribution is 2.18.